The minimum absolute atomic E-state index is 0.389. The second-order valence-electron chi connectivity index (χ2n) is 5.14. The lowest BCUT2D eigenvalue weighted by molar-refractivity contribution is 0.214. The average Bonchev–Trinajstić information content (AvgIpc) is 2.74. The van der Waals surface area contributed by atoms with E-state index in [9.17, 15) is 0 Å². The first-order valence-corrected chi connectivity index (χ1v) is 7.52. The molecule has 1 aliphatic heterocycles. The van der Waals surface area contributed by atoms with Crippen LogP contribution >= 0.6 is 0 Å². The van der Waals surface area contributed by atoms with Crippen molar-refractivity contribution in [1.29, 1.82) is 0 Å². The molecule has 1 aliphatic rings. The van der Waals surface area contributed by atoms with Gasteiger partial charge in [-0.3, -0.25) is 4.90 Å². The van der Waals surface area contributed by atoms with Gasteiger partial charge >= 0.3 is 0 Å². The quantitative estimate of drug-likeness (QED) is 0.854. The Morgan fingerprint density at radius 2 is 1.95 bits per heavy atom. The molecule has 0 aromatic heterocycles. The van der Waals surface area contributed by atoms with Gasteiger partial charge in [-0.25, -0.2) is 0 Å². The minimum Gasteiger partial charge on any atom is -0.492 e. The number of likely N-dealkylation sites (tertiary alicyclic amines) is 1. The van der Waals surface area contributed by atoms with Crippen molar-refractivity contribution >= 4 is 0 Å². The van der Waals surface area contributed by atoms with Crippen LogP contribution in [0.2, 0.25) is 0 Å². The van der Waals surface area contributed by atoms with Crippen LogP contribution in [0.4, 0.5) is 0 Å². The highest BCUT2D eigenvalue weighted by molar-refractivity contribution is 5.39. The molecule has 1 heterocycles. The van der Waals surface area contributed by atoms with Gasteiger partial charge in [-0.15, -0.1) is 0 Å². The monoisotopic (exact) mass is 272 g/mol. The molecule has 0 atom stereocenters. The summed E-state index contributed by atoms with van der Waals surface area (Å²) in [5, 5.41) is 0. The zero-order valence-electron chi connectivity index (χ0n) is 12.1. The van der Waals surface area contributed by atoms with E-state index >= 15 is 0 Å². The maximum atomic E-state index is 5.83. The van der Waals surface area contributed by atoms with Gasteiger partial charge in [0.15, 0.2) is 0 Å². The largest absolute Gasteiger partial charge is 0.492 e. The third kappa shape index (κ3) is 5.24. The van der Waals surface area contributed by atoms with E-state index in [0.717, 1.165) is 24.5 Å². The Kier molecular flexibility index (Phi) is 6.43. The molecule has 0 amide bonds. The lowest BCUT2D eigenvalue weighted by Crippen LogP contribution is -2.29. The van der Waals surface area contributed by atoms with Crippen molar-refractivity contribution in [2.45, 2.75) is 25.7 Å². The maximum Gasteiger partial charge on any atom is 0.120 e. The highest BCUT2D eigenvalue weighted by atomic mass is 16.5. The molecule has 1 aromatic carbocycles. The molecule has 0 bridgehead atoms. The number of rotatable bonds is 4. The summed E-state index contributed by atoms with van der Waals surface area (Å²) in [5.74, 6) is 6.78. The molecule has 0 radical (unpaired) electrons. The first kappa shape index (κ1) is 14.9. The van der Waals surface area contributed by atoms with Gasteiger partial charge in [-0.05, 0) is 44.1 Å². The SMILES string of the molecule is NCC#Cc1cccc(OCCN2CCCCCC2)c1. The predicted molar refractivity (Wildman–Crippen MR) is 82.8 cm³/mol. The fourth-order valence-electron chi connectivity index (χ4n) is 2.47. The standard InChI is InChI=1S/C17H24N2O/c18-10-6-8-16-7-5-9-17(15-16)20-14-13-19-11-3-1-2-4-12-19/h5,7,9,15H,1-4,10-14,18H2. The van der Waals surface area contributed by atoms with Crippen LogP contribution in [0.15, 0.2) is 24.3 Å². The van der Waals surface area contributed by atoms with E-state index < -0.39 is 0 Å². The van der Waals surface area contributed by atoms with Gasteiger partial charge in [0.1, 0.15) is 12.4 Å². The van der Waals surface area contributed by atoms with Crippen molar-refractivity contribution in [2.24, 2.45) is 5.73 Å². The van der Waals surface area contributed by atoms with Crippen molar-refractivity contribution in [1.82, 2.24) is 4.90 Å². The lowest BCUT2D eigenvalue weighted by atomic mass is 10.2. The van der Waals surface area contributed by atoms with Crippen LogP contribution in [0.25, 0.3) is 0 Å². The number of nitrogens with zero attached hydrogens (tertiary/aromatic N) is 1. The van der Waals surface area contributed by atoms with Gasteiger partial charge in [0, 0.05) is 12.1 Å². The Hall–Kier alpha value is -1.50. The molecule has 1 aromatic rings. The summed E-state index contributed by atoms with van der Waals surface area (Å²) >= 11 is 0. The van der Waals surface area contributed by atoms with Crippen LogP contribution in [-0.4, -0.2) is 37.7 Å². The predicted octanol–water partition coefficient (Wildman–Crippen LogP) is 2.25. The molecule has 3 nitrogen and oxygen atoms in total. The van der Waals surface area contributed by atoms with Crippen LogP contribution in [0, 0.1) is 11.8 Å². The second kappa shape index (κ2) is 8.63. The van der Waals surface area contributed by atoms with Gasteiger partial charge in [0.2, 0.25) is 0 Å². The van der Waals surface area contributed by atoms with Crippen molar-refractivity contribution in [3.63, 3.8) is 0 Å². The molecule has 3 heteroatoms. The normalized spacial score (nSPS) is 16.1. The molecular formula is C17H24N2O. The van der Waals surface area contributed by atoms with E-state index in [-0.39, 0.29) is 0 Å². The Balaban J connectivity index is 1.78. The van der Waals surface area contributed by atoms with Crippen LogP contribution in [0.3, 0.4) is 0 Å². The molecule has 108 valence electrons. The zero-order valence-corrected chi connectivity index (χ0v) is 12.1. The van der Waals surface area contributed by atoms with Crippen molar-refractivity contribution in [2.75, 3.05) is 32.8 Å². The zero-order chi connectivity index (χ0) is 14.0. The molecule has 1 saturated heterocycles. The molecule has 0 unspecified atom stereocenters. The number of hydrogen-bond donors (Lipinski definition) is 1. The topological polar surface area (TPSA) is 38.5 Å². The molecule has 0 aliphatic carbocycles. The summed E-state index contributed by atoms with van der Waals surface area (Å²) in [6.45, 7) is 4.57. The van der Waals surface area contributed by atoms with E-state index in [1.807, 2.05) is 24.3 Å². The Morgan fingerprint density at radius 1 is 1.15 bits per heavy atom. The van der Waals surface area contributed by atoms with E-state index in [1.165, 1.54) is 38.8 Å². The van der Waals surface area contributed by atoms with Crippen LogP contribution < -0.4 is 10.5 Å². The first-order valence-electron chi connectivity index (χ1n) is 7.52. The van der Waals surface area contributed by atoms with Crippen LogP contribution in [0.1, 0.15) is 31.2 Å². The molecule has 0 spiro atoms. The number of hydrogen-bond acceptors (Lipinski definition) is 3. The van der Waals surface area contributed by atoms with Gasteiger partial charge < -0.3 is 10.5 Å². The molecule has 2 N–H and O–H groups in total. The summed E-state index contributed by atoms with van der Waals surface area (Å²) in [6, 6.07) is 7.91. The van der Waals surface area contributed by atoms with E-state index in [1.54, 1.807) is 0 Å². The van der Waals surface area contributed by atoms with Crippen LogP contribution in [-0.2, 0) is 0 Å². The summed E-state index contributed by atoms with van der Waals surface area (Å²) in [5.41, 5.74) is 6.34. The van der Waals surface area contributed by atoms with Crippen molar-refractivity contribution in [3.8, 4) is 17.6 Å². The summed E-state index contributed by atoms with van der Waals surface area (Å²) in [7, 11) is 0. The lowest BCUT2D eigenvalue weighted by Gasteiger charge is -2.19. The van der Waals surface area contributed by atoms with Crippen molar-refractivity contribution < 1.29 is 4.74 Å². The highest BCUT2D eigenvalue weighted by Crippen LogP contribution is 2.13. The van der Waals surface area contributed by atoms with Crippen molar-refractivity contribution in [3.05, 3.63) is 29.8 Å². The number of nitrogens with two attached hydrogens (primary N) is 1. The average molecular weight is 272 g/mol. The Bertz CT molecular complexity index is 454. The van der Waals surface area contributed by atoms with E-state index in [4.69, 9.17) is 10.5 Å². The smallest absolute Gasteiger partial charge is 0.120 e. The van der Waals surface area contributed by atoms with E-state index in [2.05, 4.69) is 16.7 Å². The maximum absolute atomic E-state index is 5.83. The summed E-state index contributed by atoms with van der Waals surface area (Å²) in [4.78, 5) is 2.51. The van der Waals surface area contributed by atoms with Gasteiger partial charge in [0.25, 0.3) is 0 Å². The Labute approximate surface area is 122 Å². The fourth-order valence-corrected chi connectivity index (χ4v) is 2.47. The third-order valence-corrected chi connectivity index (χ3v) is 3.54. The summed E-state index contributed by atoms with van der Waals surface area (Å²) < 4.78 is 5.83. The molecule has 0 saturated carbocycles. The second-order valence-corrected chi connectivity index (χ2v) is 5.14. The first-order chi connectivity index (χ1) is 9.88. The van der Waals surface area contributed by atoms with Gasteiger partial charge in [0.05, 0.1) is 6.54 Å². The molecular weight excluding hydrogens is 248 g/mol. The minimum atomic E-state index is 0.389. The molecule has 1 fully saturated rings. The van der Waals surface area contributed by atoms with Gasteiger partial charge in [-0.1, -0.05) is 30.7 Å². The Morgan fingerprint density at radius 3 is 2.70 bits per heavy atom. The van der Waals surface area contributed by atoms with Crippen LogP contribution in [0.5, 0.6) is 5.75 Å². The van der Waals surface area contributed by atoms with Gasteiger partial charge in [-0.2, -0.15) is 0 Å². The summed E-state index contributed by atoms with van der Waals surface area (Å²) in [6.07, 6.45) is 5.40. The highest BCUT2D eigenvalue weighted by Gasteiger charge is 2.08. The fraction of sp³-hybridized carbons (Fsp3) is 0.529. The number of ether oxygens (including phenoxy) is 1. The molecule has 2 rings (SSSR count). The molecule has 20 heavy (non-hydrogen) atoms. The number of benzene rings is 1. The third-order valence-electron chi connectivity index (χ3n) is 3.54. The van der Waals surface area contributed by atoms with E-state index in [0.29, 0.717) is 6.54 Å².